The SMILES string of the molecule is Cc1ccc(C(=O)NCCCNc2ccccc2)cc1S(=O)(=O)NCc1ccccc1. The minimum absolute atomic E-state index is 0.113. The van der Waals surface area contributed by atoms with E-state index in [0.29, 0.717) is 17.7 Å². The lowest BCUT2D eigenvalue weighted by Crippen LogP contribution is -2.27. The van der Waals surface area contributed by atoms with Crippen molar-refractivity contribution in [2.24, 2.45) is 0 Å². The van der Waals surface area contributed by atoms with Gasteiger partial charge in [0.15, 0.2) is 0 Å². The van der Waals surface area contributed by atoms with Crippen LogP contribution in [0.4, 0.5) is 5.69 Å². The Morgan fingerprint density at radius 1 is 0.871 bits per heavy atom. The number of hydrogen-bond acceptors (Lipinski definition) is 4. The Balaban J connectivity index is 1.55. The number of hydrogen-bond donors (Lipinski definition) is 3. The van der Waals surface area contributed by atoms with Crippen molar-refractivity contribution in [3.63, 3.8) is 0 Å². The summed E-state index contributed by atoms with van der Waals surface area (Å²) >= 11 is 0. The molecule has 0 aliphatic rings. The molecule has 0 saturated heterocycles. The fraction of sp³-hybridized carbons (Fsp3) is 0.208. The highest BCUT2D eigenvalue weighted by atomic mass is 32.2. The van der Waals surface area contributed by atoms with Crippen molar-refractivity contribution in [3.05, 3.63) is 95.6 Å². The van der Waals surface area contributed by atoms with E-state index in [1.165, 1.54) is 6.07 Å². The molecule has 3 N–H and O–H groups in total. The van der Waals surface area contributed by atoms with E-state index in [0.717, 1.165) is 24.2 Å². The minimum atomic E-state index is -3.74. The molecule has 0 fully saturated rings. The van der Waals surface area contributed by atoms with Crippen LogP contribution in [0.3, 0.4) is 0 Å². The molecule has 3 aromatic rings. The Hall–Kier alpha value is -3.16. The van der Waals surface area contributed by atoms with Gasteiger partial charge >= 0.3 is 0 Å². The highest BCUT2D eigenvalue weighted by Crippen LogP contribution is 2.18. The summed E-state index contributed by atoms with van der Waals surface area (Å²) < 4.78 is 28.2. The van der Waals surface area contributed by atoms with Gasteiger partial charge in [-0.25, -0.2) is 13.1 Å². The Labute approximate surface area is 183 Å². The van der Waals surface area contributed by atoms with E-state index >= 15 is 0 Å². The highest BCUT2D eigenvalue weighted by molar-refractivity contribution is 7.89. The molecule has 0 aliphatic carbocycles. The van der Waals surface area contributed by atoms with Crippen LogP contribution in [-0.4, -0.2) is 27.4 Å². The van der Waals surface area contributed by atoms with Gasteiger partial charge < -0.3 is 10.6 Å². The molecule has 0 atom stereocenters. The van der Waals surface area contributed by atoms with E-state index in [4.69, 9.17) is 0 Å². The Kier molecular flexibility index (Phi) is 7.81. The highest BCUT2D eigenvalue weighted by Gasteiger charge is 2.19. The largest absolute Gasteiger partial charge is 0.385 e. The normalized spacial score (nSPS) is 11.1. The second-order valence-electron chi connectivity index (χ2n) is 7.19. The molecule has 0 aromatic heterocycles. The predicted octanol–water partition coefficient (Wildman–Crippen LogP) is 3.71. The quantitative estimate of drug-likeness (QED) is 0.422. The van der Waals surface area contributed by atoms with Crippen molar-refractivity contribution >= 4 is 21.6 Å². The van der Waals surface area contributed by atoms with Crippen LogP contribution in [0.25, 0.3) is 0 Å². The third-order valence-corrected chi connectivity index (χ3v) is 6.33. The zero-order valence-electron chi connectivity index (χ0n) is 17.5. The van der Waals surface area contributed by atoms with Crippen molar-refractivity contribution in [1.29, 1.82) is 0 Å². The van der Waals surface area contributed by atoms with Crippen LogP contribution in [-0.2, 0) is 16.6 Å². The summed E-state index contributed by atoms with van der Waals surface area (Å²) in [6.45, 7) is 3.11. The zero-order valence-corrected chi connectivity index (χ0v) is 18.3. The minimum Gasteiger partial charge on any atom is -0.385 e. The summed E-state index contributed by atoms with van der Waals surface area (Å²) in [6.07, 6.45) is 0.746. The summed E-state index contributed by atoms with van der Waals surface area (Å²) in [5, 5.41) is 6.13. The first-order chi connectivity index (χ1) is 15.0. The maximum absolute atomic E-state index is 12.8. The molecule has 0 unspecified atom stereocenters. The monoisotopic (exact) mass is 437 g/mol. The lowest BCUT2D eigenvalue weighted by molar-refractivity contribution is 0.0953. The molecule has 3 aromatic carbocycles. The molecule has 0 heterocycles. The van der Waals surface area contributed by atoms with Gasteiger partial charge in [-0.05, 0) is 48.7 Å². The number of para-hydroxylation sites is 1. The second kappa shape index (κ2) is 10.7. The van der Waals surface area contributed by atoms with Gasteiger partial charge in [0, 0.05) is 30.9 Å². The van der Waals surface area contributed by atoms with Gasteiger partial charge in [-0.3, -0.25) is 4.79 Å². The molecule has 0 bridgehead atoms. The molecule has 1 amide bonds. The molecule has 0 radical (unpaired) electrons. The van der Waals surface area contributed by atoms with Crippen LogP contribution in [0, 0.1) is 6.92 Å². The summed E-state index contributed by atoms with van der Waals surface area (Å²) in [4.78, 5) is 12.6. The molecule has 3 rings (SSSR count). The summed E-state index contributed by atoms with van der Waals surface area (Å²) in [5.41, 5.74) is 2.80. The van der Waals surface area contributed by atoms with Crippen molar-refractivity contribution < 1.29 is 13.2 Å². The summed E-state index contributed by atoms with van der Waals surface area (Å²) in [6, 6.07) is 23.9. The Bertz CT molecular complexity index is 1100. The number of amides is 1. The molecule has 6 nitrogen and oxygen atoms in total. The third kappa shape index (κ3) is 6.67. The number of sulfonamides is 1. The van der Waals surface area contributed by atoms with E-state index in [1.54, 1.807) is 19.1 Å². The van der Waals surface area contributed by atoms with Crippen LogP contribution in [0.1, 0.15) is 27.9 Å². The van der Waals surface area contributed by atoms with E-state index in [2.05, 4.69) is 15.4 Å². The zero-order chi connectivity index (χ0) is 22.1. The van der Waals surface area contributed by atoms with Gasteiger partial charge in [0.25, 0.3) is 5.91 Å². The van der Waals surface area contributed by atoms with Crippen LogP contribution >= 0.6 is 0 Å². The topological polar surface area (TPSA) is 87.3 Å². The fourth-order valence-electron chi connectivity index (χ4n) is 3.06. The molecule has 0 aliphatic heterocycles. The van der Waals surface area contributed by atoms with Gasteiger partial charge in [0.05, 0.1) is 4.90 Å². The first-order valence-electron chi connectivity index (χ1n) is 10.2. The second-order valence-corrected chi connectivity index (χ2v) is 8.93. The summed E-state index contributed by atoms with van der Waals surface area (Å²) in [5.74, 6) is -0.292. The lowest BCUT2D eigenvalue weighted by atomic mass is 10.1. The van der Waals surface area contributed by atoms with E-state index in [-0.39, 0.29) is 17.3 Å². The van der Waals surface area contributed by atoms with Crippen LogP contribution in [0.2, 0.25) is 0 Å². The van der Waals surface area contributed by atoms with Crippen LogP contribution in [0.5, 0.6) is 0 Å². The maximum atomic E-state index is 12.8. The molecule has 162 valence electrons. The Morgan fingerprint density at radius 3 is 2.26 bits per heavy atom. The average molecular weight is 438 g/mol. The maximum Gasteiger partial charge on any atom is 0.251 e. The van der Waals surface area contributed by atoms with Gasteiger partial charge in [-0.1, -0.05) is 54.6 Å². The lowest BCUT2D eigenvalue weighted by Gasteiger charge is -2.12. The third-order valence-electron chi connectivity index (χ3n) is 4.79. The van der Waals surface area contributed by atoms with Gasteiger partial charge in [0.1, 0.15) is 0 Å². The van der Waals surface area contributed by atoms with Gasteiger partial charge in [-0.2, -0.15) is 0 Å². The van der Waals surface area contributed by atoms with E-state index < -0.39 is 10.0 Å². The molecule has 0 saturated carbocycles. The van der Waals surface area contributed by atoms with E-state index in [9.17, 15) is 13.2 Å². The molecular weight excluding hydrogens is 410 g/mol. The van der Waals surface area contributed by atoms with Gasteiger partial charge in [0.2, 0.25) is 10.0 Å². The van der Waals surface area contributed by atoms with E-state index in [1.807, 2.05) is 60.7 Å². The number of carbonyl (C=O) groups excluding carboxylic acids is 1. The first kappa shape index (κ1) is 22.5. The first-order valence-corrected chi connectivity index (χ1v) is 11.7. The van der Waals surface area contributed by atoms with Crippen molar-refractivity contribution in [1.82, 2.24) is 10.0 Å². The number of nitrogens with one attached hydrogen (secondary N) is 3. The molecule has 0 spiro atoms. The van der Waals surface area contributed by atoms with Crippen molar-refractivity contribution in [3.8, 4) is 0 Å². The average Bonchev–Trinajstić information content (AvgIpc) is 2.79. The number of benzene rings is 3. The van der Waals surface area contributed by atoms with Crippen molar-refractivity contribution in [2.75, 3.05) is 18.4 Å². The predicted molar refractivity (Wildman–Crippen MR) is 124 cm³/mol. The van der Waals surface area contributed by atoms with Crippen LogP contribution in [0.15, 0.2) is 83.8 Å². The smallest absolute Gasteiger partial charge is 0.251 e. The summed E-state index contributed by atoms with van der Waals surface area (Å²) in [7, 11) is -3.74. The van der Waals surface area contributed by atoms with Gasteiger partial charge in [-0.15, -0.1) is 0 Å². The molecular formula is C24H27N3O3S. The molecule has 7 heteroatoms. The Morgan fingerprint density at radius 2 is 1.55 bits per heavy atom. The van der Waals surface area contributed by atoms with Crippen LogP contribution < -0.4 is 15.4 Å². The standard InChI is InChI=1S/C24H27N3O3S/c1-19-13-14-21(24(28)26-16-8-15-25-22-11-6-3-7-12-22)17-23(19)31(29,30)27-18-20-9-4-2-5-10-20/h2-7,9-14,17,25,27H,8,15-16,18H2,1H3,(H,26,28). The van der Waals surface area contributed by atoms with Crippen molar-refractivity contribution in [2.45, 2.75) is 24.8 Å². The molecule has 31 heavy (non-hydrogen) atoms. The fourth-order valence-corrected chi connectivity index (χ4v) is 4.35. The number of carbonyl (C=O) groups is 1. The number of rotatable bonds is 10. The number of aryl methyl sites for hydroxylation is 1. The number of anilines is 1.